The van der Waals surface area contributed by atoms with E-state index in [9.17, 15) is 13.2 Å². The molecule has 0 radical (unpaired) electrons. The Hall–Kier alpha value is -0.820. The SMILES string of the molecule is CCN1CC[C@@H](CNC(=O)N(C)[C@H]2CCS(=O)(=O)C2)C1. The summed E-state index contributed by atoms with van der Waals surface area (Å²) in [5.74, 6) is 0.812. The Morgan fingerprint density at radius 2 is 2.15 bits per heavy atom. The lowest BCUT2D eigenvalue weighted by molar-refractivity contribution is 0.193. The maximum Gasteiger partial charge on any atom is 0.317 e. The molecule has 20 heavy (non-hydrogen) atoms. The molecule has 2 aliphatic rings. The Balaban J connectivity index is 1.75. The molecule has 116 valence electrons. The number of carbonyl (C=O) groups is 1. The van der Waals surface area contributed by atoms with Crippen molar-refractivity contribution in [1.82, 2.24) is 15.1 Å². The molecule has 2 heterocycles. The smallest absolute Gasteiger partial charge is 0.317 e. The molecule has 2 rings (SSSR count). The van der Waals surface area contributed by atoms with Crippen LogP contribution in [0, 0.1) is 5.92 Å². The Morgan fingerprint density at radius 3 is 2.70 bits per heavy atom. The van der Waals surface area contributed by atoms with Gasteiger partial charge < -0.3 is 15.1 Å². The Labute approximate surface area is 121 Å². The van der Waals surface area contributed by atoms with Gasteiger partial charge in [0.2, 0.25) is 0 Å². The van der Waals surface area contributed by atoms with E-state index in [1.54, 1.807) is 11.9 Å². The average Bonchev–Trinajstić information content (AvgIpc) is 3.01. The summed E-state index contributed by atoms with van der Waals surface area (Å²) in [6.45, 7) is 6.03. The van der Waals surface area contributed by atoms with E-state index in [0.29, 0.717) is 18.9 Å². The second-order valence-electron chi connectivity index (χ2n) is 5.90. The first-order chi connectivity index (χ1) is 9.41. The molecule has 2 amide bonds. The lowest BCUT2D eigenvalue weighted by atomic mass is 10.1. The van der Waals surface area contributed by atoms with Crippen LogP contribution in [-0.2, 0) is 9.84 Å². The van der Waals surface area contributed by atoms with E-state index < -0.39 is 9.84 Å². The van der Waals surface area contributed by atoms with Crippen LogP contribution in [0.5, 0.6) is 0 Å². The largest absolute Gasteiger partial charge is 0.338 e. The first kappa shape index (κ1) is 15.6. The molecule has 0 aromatic carbocycles. The summed E-state index contributed by atoms with van der Waals surface area (Å²) in [6, 6.07) is -0.322. The highest BCUT2D eigenvalue weighted by Crippen LogP contribution is 2.17. The van der Waals surface area contributed by atoms with E-state index in [4.69, 9.17) is 0 Å². The third kappa shape index (κ3) is 3.85. The van der Waals surface area contributed by atoms with Crippen molar-refractivity contribution in [3.63, 3.8) is 0 Å². The molecule has 2 aliphatic heterocycles. The van der Waals surface area contributed by atoms with Crippen molar-refractivity contribution in [2.45, 2.75) is 25.8 Å². The minimum absolute atomic E-state index is 0.101. The van der Waals surface area contributed by atoms with Crippen molar-refractivity contribution in [2.75, 3.05) is 44.7 Å². The highest BCUT2D eigenvalue weighted by Gasteiger charge is 2.33. The first-order valence-corrected chi connectivity index (χ1v) is 9.17. The van der Waals surface area contributed by atoms with Gasteiger partial charge in [-0.2, -0.15) is 0 Å². The van der Waals surface area contributed by atoms with Crippen LogP contribution in [0.1, 0.15) is 19.8 Å². The van der Waals surface area contributed by atoms with Crippen molar-refractivity contribution < 1.29 is 13.2 Å². The number of sulfone groups is 1. The van der Waals surface area contributed by atoms with Gasteiger partial charge in [-0.05, 0) is 31.8 Å². The summed E-state index contributed by atoms with van der Waals surface area (Å²) in [5, 5.41) is 2.94. The predicted octanol–water partition coefficient (Wildman–Crippen LogP) is 0.157. The third-order valence-electron chi connectivity index (χ3n) is 4.44. The van der Waals surface area contributed by atoms with E-state index in [-0.39, 0.29) is 23.6 Å². The van der Waals surface area contributed by atoms with Crippen LogP contribution in [0.3, 0.4) is 0 Å². The van der Waals surface area contributed by atoms with Crippen LogP contribution in [0.25, 0.3) is 0 Å². The second-order valence-corrected chi connectivity index (χ2v) is 8.13. The second kappa shape index (κ2) is 6.30. The maximum absolute atomic E-state index is 12.1. The molecule has 2 atom stereocenters. The molecular weight excluding hydrogens is 278 g/mol. The fourth-order valence-electron chi connectivity index (χ4n) is 2.97. The number of rotatable bonds is 4. The van der Waals surface area contributed by atoms with Crippen LogP contribution >= 0.6 is 0 Å². The number of urea groups is 1. The van der Waals surface area contributed by atoms with Crippen molar-refractivity contribution in [2.24, 2.45) is 5.92 Å². The van der Waals surface area contributed by atoms with Crippen LogP contribution in [0.15, 0.2) is 0 Å². The fraction of sp³-hybridized carbons (Fsp3) is 0.923. The molecule has 2 fully saturated rings. The van der Waals surface area contributed by atoms with E-state index >= 15 is 0 Å². The van der Waals surface area contributed by atoms with E-state index in [1.807, 2.05) is 0 Å². The molecule has 0 unspecified atom stereocenters. The van der Waals surface area contributed by atoms with Crippen molar-refractivity contribution in [1.29, 1.82) is 0 Å². The average molecular weight is 303 g/mol. The molecule has 6 nitrogen and oxygen atoms in total. The number of hydrogen-bond acceptors (Lipinski definition) is 4. The summed E-state index contributed by atoms with van der Waals surface area (Å²) in [6.07, 6.45) is 1.68. The molecule has 0 aromatic heterocycles. The number of hydrogen-bond donors (Lipinski definition) is 1. The van der Waals surface area contributed by atoms with Gasteiger partial charge in [-0.3, -0.25) is 0 Å². The summed E-state index contributed by atoms with van der Waals surface area (Å²) in [5.41, 5.74) is 0. The third-order valence-corrected chi connectivity index (χ3v) is 6.19. The predicted molar refractivity (Wildman–Crippen MR) is 78.4 cm³/mol. The van der Waals surface area contributed by atoms with Gasteiger partial charge in [0.05, 0.1) is 11.5 Å². The molecule has 0 bridgehead atoms. The molecule has 0 saturated carbocycles. The molecule has 2 saturated heterocycles. The van der Waals surface area contributed by atoms with Gasteiger partial charge in [0.25, 0.3) is 0 Å². The number of nitrogens with one attached hydrogen (secondary N) is 1. The van der Waals surface area contributed by atoms with Crippen molar-refractivity contribution >= 4 is 15.9 Å². The zero-order valence-corrected chi connectivity index (χ0v) is 13.2. The van der Waals surface area contributed by atoms with Crippen LogP contribution in [0.2, 0.25) is 0 Å². The monoisotopic (exact) mass is 303 g/mol. The zero-order valence-electron chi connectivity index (χ0n) is 12.3. The molecule has 0 aromatic rings. The highest BCUT2D eigenvalue weighted by molar-refractivity contribution is 7.91. The minimum atomic E-state index is -2.94. The quantitative estimate of drug-likeness (QED) is 0.803. The number of nitrogens with zero attached hydrogens (tertiary/aromatic N) is 2. The fourth-order valence-corrected chi connectivity index (χ4v) is 4.74. The first-order valence-electron chi connectivity index (χ1n) is 7.34. The van der Waals surface area contributed by atoms with Crippen LogP contribution < -0.4 is 5.32 Å². The zero-order chi connectivity index (χ0) is 14.8. The molecular formula is C13H25N3O3S. The molecule has 1 N–H and O–H groups in total. The summed E-state index contributed by atoms with van der Waals surface area (Å²) in [7, 11) is -1.26. The van der Waals surface area contributed by atoms with Crippen LogP contribution in [0.4, 0.5) is 4.79 Å². The van der Waals surface area contributed by atoms with Crippen molar-refractivity contribution in [3.05, 3.63) is 0 Å². The molecule has 0 spiro atoms. The summed E-state index contributed by atoms with van der Waals surface area (Å²) >= 11 is 0. The Kier molecular flexibility index (Phi) is 4.90. The standard InChI is InChI=1S/C13H25N3O3S/c1-3-16-6-4-11(9-16)8-14-13(17)15(2)12-5-7-20(18,19)10-12/h11-12H,3-10H2,1-2H3,(H,14,17)/t11-,12-/m0/s1. The van der Waals surface area contributed by atoms with Gasteiger partial charge in [0.1, 0.15) is 0 Å². The van der Waals surface area contributed by atoms with Gasteiger partial charge in [-0.1, -0.05) is 6.92 Å². The normalized spacial score (nSPS) is 29.5. The Morgan fingerprint density at radius 1 is 1.40 bits per heavy atom. The number of carbonyl (C=O) groups excluding carboxylic acids is 1. The number of likely N-dealkylation sites (tertiary alicyclic amines) is 1. The molecule has 0 aliphatic carbocycles. The minimum Gasteiger partial charge on any atom is -0.338 e. The topological polar surface area (TPSA) is 69.7 Å². The van der Waals surface area contributed by atoms with Crippen LogP contribution in [-0.4, -0.2) is 75.0 Å². The summed E-state index contributed by atoms with van der Waals surface area (Å²) < 4.78 is 22.9. The van der Waals surface area contributed by atoms with Gasteiger partial charge in [0, 0.05) is 26.2 Å². The van der Waals surface area contributed by atoms with Gasteiger partial charge in [0.15, 0.2) is 9.84 Å². The maximum atomic E-state index is 12.1. The van der Waals surface area contributed by atoms with E-state index in [2.05, 4.69) is 17.1 Å². The summed E-state index contributed by atoms with van der Waals surface area (Å²) in [4.78, 5) is 16.0. The van der Waals surface area contributed by atoms with E-state index in [0.717, 1.165) is 26.1 Å². The highest BCUT2D eigenvalue weighted by atomic mass is 32.2. The lowest BCUT2D eigenvalue weighted by Crippen LogP contribution is -2.45. The number of amides is 2. The Bertz CT molecular complexity index is 452. The molecule has 7 heteroatoms. The van der Waals surface area contributed by atoms with Gasteiger partial charge >= 0.3 is 6.03 Å². The lowest BCUT2D eigenvalue weighted by Gasteiger charge is -2.24. The van der Waals surface area contributed by atoms with Crippen molar-refractivity contribution in [3.8, 4) is 0 Å². The van der Waals surface area contributed by atoms with Gasteiger partial charge in [-0.25, -0.2) is 13.2 Å². The van der Waals surface area contributed by atoms with Gasteiger partial charge in [-0.15, -0.1) is 0 Å². The van der Waals surface area contributed by atoms with E-state index in [1.165, 1.54) is 0 Å².